The molecule has 4 aromatic heterocycles. The zero-order valence-electron chi connectivity index (χ0n) is 18.5. The number of benzene rings is 1. The van der Waals surface area contributed by atoms with Crippen molar-refractivity contribution in [3.63, 3.8) is 0 Å². The molecule has 11 heteroatoms. The van der Waals surface area contributed by atoms with Gasteiger partial charge in [0.15, 0.2) is 17.1 Å². The maximum atomic E-state index is 12.1. The largest absolute Gasteiger partial charge is 0.470 e. The normalized spacial score (nSPS) is 11.4. The number of carbonyl (C=O) groups is 1. The summed E-state index contributed by atoms with van der Waals surface area (Å²) < 4.78 is 12.6. The highest BCUT2D eigenvalue weighted by Crippen LogP contribution is 2.29. The van der Waals surface area contributed by atoms with Gasteiger partial charge in [0.25, 0.3) is 5.91 Å². The van der Waals surface area contributed by atoms with Gasteiger partial charge in [-0.2, -0.15) is 4.52 Å². The Labute approximate surface area is 193 Å². The Balaban J connectivity index is 1.46. The minimum Gasteiger partial charge on any atom is -0.470 e. The molecule has 0 spiro atoms. The molecule has 1 aromatic carbocycles. The molecule has 11 nitrogen and oxygen atoms in total. The fourth-order valence-electron chi connectivity index (χ4n) is 3.44. The van der Waals surface area contributed by atoms with Crippen LogP contribution in [0.3, 0.4) is 0 Å². The van der Waals surface area contributed by atoms with Crippen LogP contribution in [0.15, 0.2) is 53.2 Å². The number of aliphatic hydroxyl groups excluding tert-OH is 1. The van der Waals surface area contributed by atoms with Gasteiger partial charge in [-0.3, -0.25) is 9.78 Å². The minimum absolute atomic E-state index is 0.0415. The fraction of sp³-hybridized carbons (Fsp3) is 0.217. The first-order valence-electron chi connectivity index (χ1n) is 10.6. The van der Waals surface area contributed by atoms with E-state index in [-0.39, 0.29) is 25.2 Å². The zero-order chi connectivity index (χ0) is 23.7. The average Bonchev–Trinajstić information content (AvgIpc) is 3.49. The summed E-state index contributed by atoms with van der Waals surface area (Å²) in [6.07, 6.45) is 1.52. The second-order valence-corrected chi connectivity index (χ2v) is 7.90. The van der Waals surface area contributed by atoms with E-state index < -0.39 is 0 Å². The van der Waals surface area contributed by atoms with E-state index in [9.17, 15) is 9.90 Å². The SMILES string of the molecule is CC(C)NC(=O)c1ccc(COc2nn3c(-c4cc(CO)on4)nnc3c3ccccc23)nc1. The van der Waals surface area contributed by atoms with Crippen LogP contribution in [0.2, 0.25) is 0 Å². The molecule has 0 aliphatic rings. The van der Waals surface area contributed by atoms with E-state index in [2.05, 4.69) is 30.8 Å². The summed E-state index contributed by atoms with van der Waals surface area (Å²) in [5.41, 5.74) is 2.04. The summed E-state index contributed by atoms with van der Waals surface area (Å²) >= 11 is 0. The van der Waals surface area contributed by atoms with Crippen LogP contribution in [-0.2, 0) is 13.2 Å². The van der Waals surface area contributed by atoms with Crippen molar-refractivity contribution in [1.82, 2.24) is 35.3 Å². The number of nitrogens with zero attached hydrogens (tertiary/aromatic N) is 6. The second-order valence-electron chi connectivity index (χ2n) is 7.90. The molecule has 172 valence electrons. The van der Waals surface area contributed by atoms with Crippen LogP contribution in [0, 0.1) is 0 Å². The monoisotopic (exact) mass is 459 g/mol. The maximum absolute atomic E-state index is 12.1. The number of fused-ring (bicyclic) bond motifs is 3. The Morgan fingerprint density at radius 2 is 2.00 bits per heavy atom. The van der Waals surface area contributed by atoms with Crippen LogP contribution in [0.1, 0.15) is 35.7 Å². The molecule has 0 aliphatic carbocycles. The molecule has 0 aliphatic heterocycles. The standard InChI is InChI=1S/C23H21N7O4/c1-13(2)25-22(32)14-7-8-15(24-10-14)12-33-23-18-6-4-3-5-17(18)20-26-27-21(30(20)28-23)19-9-16(11-31)34-29-19/h3-10,13,31H,11-12H2,1-2H3,(H,25,32). The highest BCUT2D eigenvalue weighted by atomic mass is 16.5. The van der Waals surface area contributed by atoms with Crippen LogP contribution in [-0.4, -0.2) is 47.0 Å². The third-order valence-electron chi connectivity index (χ3n) is 5.04. The summed E-state index contributed by atoms with van der Waals surface area (Å²) in [6, 6.07) is 12.6. The van der Waals surface area contributed by atoms with Crippen molar-refractivity contribution in [3.8, 4) is 17.4 Å². The van der Waals surface area contributed by atoms with E-state index in [1.165, 1.54) is 10.7 Å². The molecule has 5 aromatic rings. The summed E-state index contributed by atoms with van der Waals surface area (Å²) in [5.74, 6) is 0.845. The molecule has 0 unspecified atom stereocenters. The van der Waals surface area contributed by atoms with Gasteiger partial charge in [-0.1, -0.05) is 23.4 Å². The predicted molar refractivity (Wildman–Crippen MR) is 121 cm³/mol. The molecule has 1 amide bonds. The van der Waals surface area contributed by atoms with E-state index in [0.717, 1.165) is 10.8 Å². The van der Waals surface area contributed by atoms with E-state index in [1.807, 2.05) is 38.1 Å². The topological polar surface area (TPSA) is 141 Å². The van der Waals surface area contributed by atoms with Crippen molar-refractivity contribution < 1.29 is 19.2 Å². The lowest BCUT2D eigenvalue weighted by atomic mass is 10.2. The second kappa shape index (κ2) is 8.87. The number of hydrogen-bond acceptors (Lipinski definition) is 9. The maximum Gasteiger partial charge on any atom is 0.253 e. The number of ether oxygens (including phenoxy) is 1. The minimum atomic E-state index is -0.278. The first kappa shape index (κ1) is 21.5. The van der Waals surface area contributed by atoms with E-state index in [4.69, 9.17) is 9.26 Å². The van der Waals surface area contributed by atoms with Crippen molar-refractivity contribution in [2.45, 2.75) is 33.1 Å². The van der Waals surface area contributed by atoms with Gasteiger partial charge < -0.3 is 19.7 Å². The molecule has 0 bridgehead atoms. The average molecular weight is 459 g/mol. The number of pyridine rings is 1. The quantitative estimate of drug-likeness (QED) is 0.375. The van der Waals surface area contributed by atoms with Crippen molar-refractivity contribution >= 4 is 22.3 Å². The van der Waals surface area contributed by atoms with Crippen LogP contribution < -0.4 is 10.1 Å². The van der Waals surface area contributed by atoms with Gasteiger partial charge in [0.1, 0.15) is 13.2 Å². The number of aliphatic hydroxyl groups is 1. The first-order valence-corrected chi connectivity index (χ1v) is 10.6. The molecule has 5 rings (SSSR count). The van der Waals surface area contributed by atoms with Gasteiger partial charge >= 0.3 is 0 Å². The lowest BCUT2D eigenvalue weighted by Crippen LogP contribution is -2.30. The van der Waals surface area contributed by atoms with E-state index >= 15 is 0 Å². The summed E-state index contributed by atoms with van der Waals surface area (Å²) in [5, 5.41) is 30.7. The van der Waals surface area contributed by atoms with Gasteiger partial charge in [-0.15, -0.1) is 15.3 Å². The van der Waals surface area contributed by atoms with Crippen LogP contribution in [0.4, 0.5) is 0 Å². The Morgan fingerprint density at radius 1 is 1.18 bits per heavy atom. The molecular weight excluding hydrogens is 438 g/mol. The van der Waals surface area contributed by atoms with Crippen molar-refractivity contribution in [3.05, 3.63) is 65.7 Å². The van der Waals surface area contributed by atoms with Crippen LogP contribution in [0.25, 0.3) is 27.9 Å². The summed E-state index contributed by atoms with van der Waals surface area (Å²) in [6.45, 7) is 3.66. The van der Waals surface area contributed by atoms with Crippen molar-refractivity contribution in [2.24, 2.45) is 0 Å². The third-order valence-corrected chi connectivity index (χ3v) is 5.04. The number of rotatable bonds is 7. The predicted octanol–water partition coefficient (Wildman–Crippen LogP) is 2.54. The molecule has 4 heterocycles. The van der Waals surface area contributed by atoms with Gasteiger partial charge in [0, 0.05) is 29.1 Å². The molecule has 0 atom stereocenters. The highest BCUT2D eigenvalue weighted by molar-refractivity contribution is 5.97. The molecule has 0 saturated heterocycles. The number of hydrogen-bond donors (Lipinski definition) is 2. The van der Waals surface area contributed by atoms with Crippen LogP contribution in [0.5, 0.6) is 5.88 Å². The lowest BCUT2D eigenvalue weighted by molar-refractivity contribution is 0.0942. The number of aromatic nitrogens is 6. The molecule has 34 heavy (non-hydrogen) atoms. The fourth-order valence-corrected chi connectivity index (χ4v) is 3.44. The van der Waals surface area contributed by atoms with E-state index in [0.29, 0.717) is 40.1 Å². The zero-order valence-corrected chi connectivity index (χ0v) is 18.5. The first-order chi connectivity index (χ1) is 16.5. The van der Waals surface area contributed by atoms with Crippen LogP contribution >= 0.6 is 0 Å². The van der Waals surface area contributed by atoms with Crippen molar-refractivity contribution in [1.29, 1.82) is 0 Å². The number of amides is 1. The molecule has 0 saturated carbocycles. The van der Waals surface area contributed by atoms with Gasteiger partial charge in [-0.05, 0) is 32.0 Å². The molecule has 0 radical (unpaired) electrons. The van der Waals surface area contributed by atoms with Gasteiger partial charge in [-0.25, -0.2) is 0 Å². The Morgan fingerprint density at radius 3 is 2.71 bits per heavy atom. The van der Waals surface area contributed by atoms with Gasteiger partial charge in [0.05, 0.1) is 11.3 Å². The molecular formula is C23H21N7O4. The Kier molecular flexibility index (Phi) is 5.60. The van der Waals surface area contributed by atoms with Gasteiger partial charge in [0.2, 0.25) is 11.7 Å². The lowest BCUT2D eigenvalue weighted by Gasteiger charge is -2.10. The Bertz CT molecular complexity index is 1470. The summed E-state index contributed by atoms with van der Waals surface area (Å²) in [4.78, 5) is 16.5. The number of nitrogens with one attached hydrogen (secondary N) is 1. The highest BCUT2D eigenvalue weighted by Gasteiger charge is 2.19. The smallest absolute Gasteiger partial charge is 0.253 e. The third kappa shape index (κ3) is 4.04. The number of carbonyl (C=O) groups excluding carboxylic acids is 1. The molecule has 2 N–H and O–H groups in total. The Hall–Kier alpha value is -4.38. The molecule has 0 fully saturated rings. The summed E-state index contributed by atoms with van der Waals surface area (Å²) in [7, 11) is 0. The van der Waals surface area contributed by atoms with E-state index in [1.54, 1.807) is 18.2 Å². The van der Waals surface area contributed by atoms with Crippen molar-refractivity contribution in [2.75, 3.05) is 0 Å².